The van der Waals surface area contributed by atoms with E-state index in [1.165, 1.54) is 24.0 Å². The number of carbonyl (C=O) groups excluding carboxylic acids is 11. The largest absolute Gasteiger partial charge is 0.453 e. The van der Waals surface area contributed by atoms with E-state index in [-0.39, 0.29) is 83.8 Å². The zero-order chi connectivity index (χ0) is 71.9. The minimum absolute atomic E-state index is 0.0349. The van der Waals surface area contributed by atoms with Gasteiger partial charge in [-0.1, -0.05) is 121 Å². The van der Waals surface area contributed by atoms with Crippen LogP contribution in [0.25, 0.3) is 32.7 Å². The molecule has 0 unspecified atom stereocenters. The average molecular weight is 1370 g/mol. The molecule has 4 aliphatic heterocycles. The molecule has 0 saturated carbocycles. The first kappa shape index (κ1) is 73.8. The molecule has 7 atom stereocenters. The van der Waals surface area contributed by atoms with E-state index < -0.39 is 54.5 Å². The summed E-state index contributed by atoms with van der Waals surface area (Å²) < 4.78 is 9.35. The van der Waals surface area contributed by atoms with Crippen molar-refractivity contribution >= 4 is 110 Å². The van der Waals surface area contributed by atoms with Gasteiger partial charge in [0.05, 0.1) is 20.6 Å². The Hall–Kier alpha value is -10.4. The SMILES string of the molecule is CCC(=O)N[C@H](C(=O)N1CCC[C@H]1C(=O)Nc1ccc2cc(-c3ccc(NC(=O)[C@@H]4CCCN4C(=O)Cc4ccccc4)cc3)ccc2c1)C(C)C.COC(=O)N[C@H](C(=O)N1CCC[C@H]1C(=O)Nc1ccc2cc(NC(=O)[C@@H]3CCCN3C(=O)[C@@H](NC(=O)OC)C(C)C)ccc2c1)C(C)C. The number of anilines is 4. The molecule has 4 aliphatic rings. The van der Waals surface area contributed by atoms with Gasteiger partial charge in [0.25, 0.3) is 0 Å². The number of hydrogen-bond acceptors (Lipinski definition) is 13. The molecular formula is C76H93N11O13. The Morgan fingerprint density at radius 2 is 0.730 bits per heavy atom. The molecule has 0 radical (unpaired) electrons. The maximum atomic E-state index is 13.4. The van der Waals surface area contributed by atoms with E-state index in [1.54, 1.807) is 28.9 Å². The fraction of sp³-hybridized carbons (Fsp3) is 0.434. The topological polar surface area (TPSA) is 303 Å². The third-order valence-corrected chi connectivity index (χ3v) is 18.9. The lowest BCUT2D eigenvalue weighted by molar-refractivity contribution is -0.141. The number of amides is 11. The van der Waals surface area contributed by atoms with Crippen LogP contribution in [0.1, 0.15) is 112 Å². The second-order valence-electron chi connectivity index (χ2n) is 26.9. The predicted molar refractivity (Wildman–Crippen MR) is 382 cm³/mol. The predicted octanol–water partition coefficient (Wildman–Crippen LogP) is 9.62. The molecule has 6 aromatic rings. The highest BCUT2D eigenvalue weighted by Crippen LogP contribution is 2.32. The molecule has 530 valence electrons. The molecule has 24 heteroatoms. The van der Waals surface area contributed by atoms with Crippen LogP contribution in [0.15, 0.2) is 127 Å². The Kier molecular flexibility index (Phi) is 25.0. The molecule has 10 rings (SSSR count). The van der Waals surface area contributed by atoms with Crippen LogP contribution in [-0.4, -0.2) is 168 Å². The smallest absolute Gasteiger partial charge is 0.407 e. The third-order valence-electron chi connectivity index (χ3n) is 18.9. The van der Waals surface area contributed by atoms with Crippen molar-refractivity contribution in [2.75, 3.05) is 61.7 Å². The number of likely N-dealkylation sites (tertiary alicyclic amines) is 4. The Balaban J connectivity index is 0.000000234. The summed E-state index contributed by atoms with van der Waals surface area (Å²) in [6.07, 6.45) is 4.21. The summed E-state index contributed by atoms with van der Waals surface area (Å²) >= 11 is 0. The van der Waals surface area contributed by atoms with Crippen LogP contribution in [0, 0.1) is 17.8 Å². The Morgan fingerprint density at radius 1 is 0.400 bits per heavy atom. The van der Waals surface area contributed by atoms with Crippen molar-refractivity contribution in [2.45, 2.75) is 155 Å². The van der Waals surface area contributed by atoms with E-state index in [1.807, 2.05) is 151 Å². The van der Waals surface area contributed by atoms with Gasteiger partial charge >= 0.3 is 12.2 Å². The molecule has 4 heterocycles. The first-order valence-electron chi connectivity index (χ1n) is 34.6. The molecule has 4 saturated heterocycles. The summed E-state index contributed by atoms with van der Waals surface area (Å²) in [7, 11) is 2.46. The molecule has 0 bridgehead atoms. The van der Waals surface area contributed by atoms with Crippen molar-refractivity contribution in [3.63, 3.8) is 0 Å². The van der Waals surface area contributed by atoms with Crippen molar-refractivity contribution in [3.8, 4) is 11.1 Å². The number of nitrogens with zero attached hydrogens (tertiary/aromatic N) is 4. The van der Waals surface area contributed by atoms with Gasteiger partial charge in [0.15, 0.2) is 0 Å². The van der Waals surface area contributed by atoms with E-state index in [9.17, 15) is 52.7 Å². The molecule has 7 N–H and O–H groups in total. The van der Waals surface area contributed by atoms with E-state index in [0.29, 0.717) is 87.5 Å². The summed E-state index contributed by atoms with van der Waals surface area (Å²) in [5.74, 6) is -2.66. The molecule has 24 nitrogen and oxygen atoms in total. The van der Waals surface area contributed by atoms with E-state index in [4.69, 9.17) is 0 Å². The van der Waals surface area contributed by atoms with Crippen LogP contribution in [0.2, 0.25) is 0 Å². The molecule has 0 aromatic heterocycles. The normalized spacial score (nSPS) is 18.2. The van der Waals surface area contributed by atoms with Gasteiger partial charge in [0.1, 0.15) is 42.3 Å². The highest BCUT2D eigenvalue weighted by atomic mass is 16.5. The number of fused-ring (bicyclic) bond motifs is 2. The van der Waals surface area contributed by atoms with Gasteiger partial charge in [-0.3, -0.25) is 43.2 Å². The Labute approximate surface area is 583 Å². The average Bonchev–Trinajstić information content (AvgIpc) is 1.17. The fourth-order valence-corrected chi connectivity index (χ4v) is 13.4. The van der Waals surface area contributed by atoms with Crippen LogP contribution in [0.4, 0.5) is 32.3 Å². The molecular weight excluding hydrogens is 1270 g/mol. The van der Waals surface area contributed by atoms with Gasteiger partial charge in [-0.05, 0) is 162 Å². The number of hydrogen-bond donors (Lipinski definition) is 7. The van der Waals surface area contributed by atoms with E-state index in [0.717, 1.165) is 51.1 Å². The molecule has 11 amide bonds. The lowest BCUT2D eigenvalue weighted by atomic mass is 10.0. The van der Waals surface area contributed by atoms with Gasteiger partial charge in [0.2, 0.25) is 53.2 Å². The number of alkyl carbamates (subject to hydrolysis) is 2. The summed E-state index contributed by atoms with van der Waals surface area (Å²) in [5, 5.41) is 23.5. The van der Waals surface area contributed by atoms with Gasteiger partial charge in [-0.2, -0.15) is 0 Å². The van der Waals surface area contributed by atoms with Gasteiger partial charge in [0, 0.05) is 55.3 Å². The molecule has 0 aliphatic carbocycles. The minimum Gasteiger partial charge on any atom is -0.453 e. The van der Waals surface area contributed by atoms with Crippen LogP contribution in [-0.2, 0) is 59.0 Å². The van der Waals surface area contributed by atoms with Crippen molar-refractivity contribution in [3.05, 3.63) is 133 Å². The Bertz CT molecular complexity index is 3880. The second kappa shape index (κ2) is 33.9. The number of carbonyl (C=O) groups is 11. The second-order valence-corrected chi connectivity index (χ2v) is 26.9. The first-order valence-corrected chi connectivity index (χ1v) is 34.6. The summed E-state index contributed by atoms with van der Waals surface area (Å²) in [6.45, 7) is 14.7. The highest BCUT2D eigenvalue weighted by Gasteiger charge is 2.42. The first-order chi connectivity index (χ1) is 47.9. The zero-order valence-corrected chi connectivity index (χ0v) is 58.4. The molecule has 6 aromatic carbocycles. The zero-order valence-electron chi connectivity index (χ0n) is 58.4. The van der Waals surface area contributed by atoms with E-state index in [2.05, 4.69) is 52.8 Å². The Morgan fingerprint density at radius 3 is 1.11 bits per heavy atom. The number of nitrogens with one attached hydrogen (secondary N) is 7. The van der Waals surface area contributed by atoms with Crippen molar-refractivity contribution < 1.29 is 62.2 Å². The number of ether oxygens (including phenoxy) is 2. The van der Waals surface area contributed by atoms with Crippen LogP contribution in [0.5, 0.6) is 0 Å². The van der Waals surface area contributed by atoms with Gasteiger partial charge in [-0.15, -0.1) is 0 Å². The standard InChI is InChI=1S/C42H47N5O5.C34H46N6O8/c1-4-37(48)45-39(27(2)3)42(52)47-23-9-13-36(47)41(51)44-34-21-18-31-25-30(14-15-32(31)26-34)29-16-19-33(20-17-29)43-40(50)35-12-8-22-46(35)38(49)24-28-10-6-5-7-11-28;1-19(2)27(37-33(45)47-5)31(43)39-15-7-9-25(39)29(41)35-23-13-11-22-18-24(14-12-21(22)17-23)36-30(42)26-10-8-16-40(26)32(44)28(20(3)4)38-34(46)48-6/h5-7,10-11,14-21,25-27,35-36,39H,4,8-9,12-13,22-24H2,1-3H3,(H,43,50)(H,44,51)(H,45,48);11-14,17-20,25-28H,7-10,15-16H2,1-6H3,(H,35,41)(H,36,42)(H,37,45)(H,38,46)/t35-,36-,39-;25-,26-,27-,28-/m00/s1. The lowest BCUT2D eigenvalue weighted by Gasteiger charge is -2.30. The summed E-state index contributed by atoms with van der Waals surface area (Å²) in [6, 6.07) is 35.1. The molecule has 4 fully saturated rings. The van der Waals surface area contributed by atoms with Crippen LogP contribution in [0.3, 0.4) is 0 Å². The van der Waals surface area contributed by atoms with Crippen molar-refractivity contribution in [1.82, 2.24) is 35.6 Å². The third kappa shape index (κ3) is 18.3. The van der Waals surface area contributed by atoms with Gasteiger partial charge in [-0.25, -0.2) is 9.59 Å². The monoisotopic (exact) mass is 1370 g/mol. The minimum atomic E-state index is -0.820. The highest BCUT2D eigenvalue weighted by molar-refractivity contribution is 6.04. The maximum absolute atomic E-state index is 13.4. The summed E-state index contributed by atoms with van der Waals surface area (Å²) in [5.41, 5.74) is 5.35. The summed E-state index contributed by atoms with van der Waals surface area (Å²) in [4.78, 5) is 149. The number of methoxy groups -OCH3 is 2. The quantitative estimate of drug-likeness (QED) is 0.0353. The van der Waals surface area contributed by atoms with Crippen molar-refractivity contribution in [1.29, 1.82) is 0 Å². The van der Waals surface area contributed by atoms with Gasteiger partial charge < -0.3 is 66.3 Å². The maximum Gasteiger partial charge on any atom is 0.407 e. The molecule has 0 spiro atoms. The fourth-order valence-electron chi connectivity index (χ4n) is 13.4. The lowest BCUT2D eigenvalue weighted by Crippen LogP contribution is -2.54. The molecule has 100 heavy (non-hydrogen) atoms. The van der Waals surface area contributed by atoms with Crippen LogP contribution >= 0.6 is 0 Å². The van der Waals surface area contributed by atoms with Crippen molar-refractivity contribution in [2.24, 2.45) is 17.8 Å². The van der Waals surface area contributed by atoms with E-state index >= 15 is 0 Å². The number of benzene rings is 6. The number of rotatable bonds is 21. The van der Waals surface area contributed by atoms with Crippen LogP contribution < -0.4 is 37.2 Å².